The Morgan fingerprint density at radius 3 is 2.87 bits per heavy atom. The third kappa shape index (κ3) is 3.62. The number of thiophene rings is 1. The molecule has 0 aliphatic heterocycles. The lowest BCUT2D eigenvalue weighted by molar-refractivity contribution is 0.343. The van der Waals surface area contributed by atoms with Gasteiger partial charge in [-0.3, -0.25) is 0 Å². The quantitative estimate of drug-likeness (QED) is 0.822. The Balaban J connectivity index is 1.74. The predicted octanol–water partition coefficient (Wildman–Crippen LogP) is 3.60. The summed E-state index contributed by atoms with van der Waals surface area (Å²) in [7, 11) is 0. The standard InChI is InChI=1S/C13H21NS/c1-11(9-12-7-8-15-10-12)14-13-5-3-2-4-6-13/h7-8,10-11,13-14H,2-6,9H2,1H3. The molecular formula is C13H21NS. The Labute approximate surface area is 96.9 Å². The van der Waals surface area contributed by atoms with Gasteiger partial charge in [-0.2, -0.15) is 11.3 Å². The predicted molar refractivity (Wildman–Crippen MR) is 67.5 cm³/mol. The second-order valence-electron chi connectivity index (χ2n) is 4.74. The molecule has 84 valence electrons. The van der Waals surface area contributed by atoms with Crippen LogP contribution in [-0.2, 0) is 6.42 Å². The van der Waals surface area contributed by atoms with E-state index in [-0.39, 0.29) is 0 Å². The van der Waals surface area contributed by atoms with Crippen LogP contribution in [0.25, 0.3) is 0 Å². The van der Waals surface area contributed by atoms with Gasteiger partial charge in [-0.15, -0.1) is 0 Å². The molecule has 1 aromatic rings. The van der Waals surface area contributed by atoms with Crippen molar-refractivity contribution < 1.29 is 0 Å². The summed E-state index contributed by atoms with van der Waals surface area (Å²) in [6.07, 6.45) is 8.23. The van der Waals surface area contributed by atoms with E-state index in [0.717, 1.165) is 6.04 Å². The number of rotatable bonds is 4. The molecule has 0 amide bonds. The van der Waals surface area contributed by atoms with Gasteiger partial charge in [0.2, 0.25) is 0 Å². The van der Waals surface area contributed by atoms with E-state index in [1.807, 2.05) is 0 Å². The molecule has 2 heteroatoms. The molecule has 15 heavy (non-hydrogen) atoms. The first kappa shape index (κ1) is 11.2. The monoisotopic (exact) mass is 223 g/mol. The van der Waals surface area contributed by atoms with Crippen LogP contribution in [0, 0.1) is 0 Å². The van der Waals surface area contributed by atoms with Crippen molar-refractivity contribution in [1.29, 1.82) is 0 Å². The molecular weight excluding hydrogens is 202 g/mol. The first-order chi connectivity index (χ1) is 7.34. The summed E-state index contributed by atoms with van der Waals surface area (Å²) in [6.45, 7) is 2.31. The van der Waals surface area contributed by atoms with Crippen molar-refractivity contribution in [3.8, 4) is 0 Å². The Morgan fingerprint density at radius 1 is 1.40 bits per heavy atom. The second kappa shape index (κ2) is 5.66. The van der Waals surface area contributed by atoms with Gasteiger partial charge >= 0.3 is 0 Å². The van der Waals surface area contributed by atoms with Crippen LogP contribution in [0.2, 0.25) is 0 Å². The second-order valence-corrected chi connectivity index (χ2v) is 5.52. The Kier molecular flexibility index (Phi) is 4.21. The summed E-state index contributed by atoms with van der Waals surface area (Å²) >= 11 is 1.80. The highest BCUT2D eigenvalue weighted by Crippen LogP contribution is 2.18. The lowest BCUT2D eigenvalue weighted by Gasteiger charge is -2.26. The minimum absolute atomic E-state index is 0.627. The van der Waals surface area contributed by atoms with Gasteiger partial charge in [0.1, 0.15) is 0 Å². The summed E-state index contributed by atoms with van der Waals surface area (Å²) in [5.74, 6) is 0. The zero-order chi connectivity index (χ0) is 10.5. The molecule has 1 fully saturated rings. The fraction of sp³-hybridized carbons (Fsp3) is 0.692. The molecule has 0 aromatic carbocycles. The van der Waals surface area contributed by atoms with Gasteiger partial charge in [0.15, 0.2) is 0 Å². The van der Waals surface area contributed by atoms with Crippen molar-refractivity contribution in [2.75, 3.05) is 0 Å². The Morgan fingerprint density at radius 2 is 2.20 bits per heavy atom. The maximum Gasteiger partial charge on any atom is 0.00820 e. The molecule has 1 heterocycles. The van der Waals surface area contributed by atoms with E-state index < -0.39 is 0 Å². The first-order valence-corrected chi connectivity index (χ1v) is 7.06. The number of nitrogens with one attached hydrogen (secondary N) is 1. The van der Waals surface area contributed by atoms with Crippen LogP contribution in [0.1, 0.15) is 44.6 Å². The van der Waals surface area contributed by atoms with Crippen LogP contribution in [0.5, 0.6) is 0 Å². The van der Waals surface area contributed by atoms with E-state index in [0.29, 0.717) is 6.04 Å². The van der Waals surface area contributed by atoms with Gasteiger partial charge in [0.05, 0.1) is 0 Å². The topological polar surface area (TPSA) is 12.0 Å². The average Bonchev–Trinajstić information content (AvgIpc) is 2.71. The number of hydrogen-bond acceptors (Lipinski definition) is 2. The molecule has 1 nitrogen and oxygen atoms in total. The van der Waals surface area contributed by atoms with Crippen molar-refractivity contribution >= 4 is 11.3 Å². The van der Waals surface area contributed by atoms with E-state index >= 15 is 0 Å². The summed E-state index contributed by atoms with van der Waals surface area (Å²) < 4.78 is 0. The highest BCUT2D eigenvalue weighted by molar-refractivity contribution is 7.07. The van der Waals surface area contributed by atoms with Crippen molar-refractivity contribution in [2.24, 2.45) is 0 Å². The lowest BCUT2D eigenvalue weighted by Crippen LogP contribution is -2.38. The van der Waals surface area contributed by atoms with Crippen molar-refractivity contribution in [3.05, 3.63) is 22.4 Å². The zero-order valence-electron chi connectivity index (χ0n) is 9.54. The van der Waals surface area contributed by atoms with Gasteiger partial charge in [0.25, 0.3) is 0 Å². The van der Waals surface area contributed by atoms with Gasteiger partial charge in [-0.1, -0.05) is 19.3 Å². The highest BCUT2D eigenvalue weighted by Gasteiger charge is 2.15. The molecule has 1 N–H and O–H groups in total. The zero-order valence-corrected chi connectivity index (χ0v) is 10.4. The minimum atomic E-state index is 0.627. The summed E-state index contributed by atoms with van der Waals surface area (Å²) in [5.41, 5.74) is 1.48. The molecule has 1 unspecified atom stereocenters. The molecule has 1 aliphatic rings. The fourth-order valence-electron chi connectivity index (χ4n) is 2.49. The van der Waals surface area contributed by atoms with Crippen LogP contribution in [0.15, 0.2) is 16.8 Å². The van der Waals surface area contributed by atoms with Crippen molar-refractivity contribution in [3.63, 3.8) is 0 Å². The Bertz CT molecular complexity index is 262. The molecule has 1 aliphatic carbocycles. The van der Waals surface area contributed by atoms with Crippen LogP contribution < -0.4 is 5.32 Å². The summed E-state index contributed by atoms with van der Waals surface area (Å²) in [5, 5.41) is 8.19. The maximum atomic E-state index is 3.76. The number of hydrogen-bond donors (Lipinski definition) is 1. The van der Waals surface area contributed by atoms with Gasteiger partial charge in [-0.05, 0) is 48.6 Å². The van der Waals surface area contributed by atoms with E-state index in [1.165, 1.54) is 44.1 Å². The highest BCUT2D eigenvalue weighted by atomic mass is 32.1. The SMILES string of the molecule is CC(Cc1ccsc1)NC1CCCCC1. The maximum absolute atomic E-state index is 3.76. The minimum Gasteiger partial charge on any atom is -0.311 e. The van der Waals surface area contributed by atoms with E-state index in [1.54, 1.807) is 11.3 Å². The van der Waals surface area contributed by atoms with Crippen LogP contribution in [0.4, 0.5) is 0 Å². The lowest BCUT2D eigenvalue weighted by atomic mass is 9.94. The van der Waals surface area contributed by atoms with Gasteiger partial charge in [-0.25, -0.2) is 0 Å². The Hall–Kier alpha value is -0.340. The van der Waals surface area contributed by atoms with E-state index in [9.17, 15) is 0 Å². The van der Waals surface area contributed by atoms with Crippen molar-refractivity contribution in [2.45, 2.75) is 57.5 Å². The van der Waals surface area contributed by atoms with E-state index in [4.69, 9.17) is 0 Å². The smallest absolute Gasteiger partial charge is 0.00820 e. The normalized spacial score (nSPS) is 20.3. The van der Waals surface area contributed by atoms with Crippen LogP contribution >= 0.6 is 11.3 Å². The molecule has 1 aromatic heterocycles. The van der Waals surface area contributed by atoms with Crippen LogP contribution in [0.3, 0.4) is 0 Å². The van der Waals surface area contributed by atoms with Gasteiger partial charge < -0.3 is 5.32 Å². The van der Waals surface area contributed by atoms with Gasteiger partial charge in [0, 0.05) is 12.1 Å². The largest absolute Gasteiger partial charge is 0.311 e. The molecule has 1 atom stereocenters. The molecule has 0 radical (unpaired) electrons. The van der Waals surface area contributed by atoms with Crippen molar-refractivity contribution in [1.82, 2.24) is 5.32 Å². The molecule has 0 saturated heterocycles. The average molecular weight is 223 g/mol. The summed E-state index contributed by atoms with van der Waals surface area (Å²) in [4.78, 5) is 0. The molecule has 0 bridgehead atoms. The van der Waals surface area contributed by atoms with E-state index in [2.05, 4.69) is 29.1 Å². The molecule has 2 rings (SSSR count). The molecule has 1 saturated carbocycles. The molecule has 0 spiro atoms. The third-order valence-corrected chi connectivity index (χ3v) is 3.98. The third-order valence-electron chi connectivity index (χ3n) is 3.25. The summed E-state index contributed by atoms with van der Waals surface area (Å²) in [6, 6.07) is 3.65. The first-order valence-electron chi connectivity index (χ1n) is 6.12. The fourth-order valence-corrected chi connectivity index (χ4v) is 3.17. The van der Waals surface area contributed by atoms with Crippen LogP contribution in [-0.4, -0.2) is 12.1 Å².